The second kappa shape index (κ2) is 14.2. The van der Waals surface area contributed by atoms with Crippen LogP contribution < -0.4 is 9.62 Å². The fraction of sp³-hybridized carbons (Fsp3) is 0.517. The van der Waals surface area contributed by atoms with Gasteiger partial charge in [0.2, 0.25) is 21.8 Å². The standard InChI is InChI=1S/C29H43N3O4S/c1-7-9-18-30-29(34)26(8-2)31(21-25-16-13-22(3)14-17-25)28(33)11-10-19-32(37(6,35)36)27-20-23(4)12-15-24(27)5/h12-17,20,26H,7-11,18-19,21H2,1-6H3,(H,30,34)/t26-/m0/s1. The molecule has 2 amide bonds. The normalized spacial score (nSPS) is 12.2. The zero-order valence-electron chi connectivity index (χ0n) is 23.2. The van der Waals surface area contributed by atoms with E-state index in [1.807, 2.05) is 70.2 Å². The van der Waals surface area contributed by atoms with Gasteiger partial charge in [-0.15, -0.1) is 0 Å². The summed E-state index contributed by atoms with van der Waals surface area (Å²) in [6.45, 7) is 10.9. The molecule has 0 spiro atoms. The number of nitrogens with zero attached hydrogens (tertiary/aromatic N) is 2. The SMILES string of the molecule is CCCCNC(=O)[C@H](CC)N(Cc1ccc(C)cc1)C(=O)CCCN(c1cc(C)ccc1C)S(C)(=O)=O. The largest absolute Gasteiger partial charge is 0.354 e. The Hall–Kier alpha value is -2.87. The fourth-order valence-corrected chi connectivity index (χ4v) is 5.30. The Morgan fingerprint density at radius 1 is 0.946 bits per heavy atom. The third-order valence-electron chi connectivity index (χ3n) is 6.47. The highest BCUT2D eigenvalue weighted by Gasteiger charge is 2.29. The van der Waals surface area contributed by atoms with Gasteiger partial charge in [-0.2, -0.15) is 0 Å². The predicted molar refractivity (Wildman–Crippen MR) is 151 cm³/mol. The van der Waals surface area contributed by atoms with Gasteiger partial charge in [0.15, 0.2) is 0 Å². The van der Waals surface area contributed by atoms with Gasteiger partial charge in [0.1, 0.15) is 6.04 Å². The summed E-state index contributed by atoms with van der Waals surface area (Å²) in [4.78, 5) is 28.2. The number of unbranched alkanes of at least 4 members (excludes halogenated alkanes) is 1. The van der Waals surface area contributed by atoms with Crippen LogP contribution in [0.5, 0.6) is 0 Å². The second-order valence-electron chi connectivity index (χ2n) is 9.80. The van der Waals surface area contributed by atoms with Crippen LogP contribution in [0.3, 0.4) is 0 Å². The smallest absolute Gasteiger partial charge is 0.242 e. The lowest BCUT2D eigenvalue weighted by Crippen LogP contribution is -2.49. The Labute approximate surface area is 223 Å². The van der Waals surface area contributed by atoms with Gasteiger partial charge in [-0.05, 0) is 62.8 Å². The maximum absolute atomic E-state index is 13.5. The summed E-state index contributed by atoms with van der Waals surface area (Å²) in [5.74, 6) is -0.308. The molecule has 0 saturated carbocycles. The van der Waals surface area contributed by atoms with E-state index in [9.17, 15) is 18.0 Å². The van der Waals surface area contributed by atoms with Crippen LogP contribution in [-0.4, -0.2) is 50.5 Å². The Morgan fingerprint density at radius 3 is 2.19 bits per heavy atom. The van der Waals surface area contributed by atoms with E-state index in [1.165, 1.54) is 10.6 Å². The van der Waals surface area contributed by atoms with Crippen LogP contribution in [0.25, 0.3) is 0 Å². The lowest BCUT2D eigenvalue weighted by molar-refractivity contribution is -0.141. The van der Waals surface area contributed by atoms with E-state index in [1.54, 1.807) is 4.90 Å². The van der Waals surface area contributed by atoms with Crippen LogP contribution in [0.4, 0.5) is 5.69 Å². The number of anilines is 1. The highest BCUT2D eigenvalue weighted by Crippen LogP contribution is 2.25. The molecule has 0 heterocycles. The first-order valence-electron chi connectivity index (χ1n) is 13.2. The van der Waals surface area contributed by atoms with Crippen LogP contribution in [0.1, 0.15) is 68.2 Å². The minimum absolute atomic E-state index is 0.140. The van der Waals surface area contributed by atoms with Crippen molar-refractivity contribution in [1.29, 1.82) is 0 Å². The number of amides is 2. The number of carbonyl (C=O) groups is 2. The first kappa shape index (κ1) is 30.4. The molecule has 0 bridgehead atoms. The topological polar surface area (TPSA) is 86.8 Å². The first-order valence-corrected chi connectivity index (χ1v) is 15.0. The minimum Gasteiger partial charge on any atom is -0.354 e. The number of benzene rings is 2. The van der Waals surface area contributed by atoms with Gasteiger partial charge in [0.05, 0.1) is 11.9 Å². The molecule has 0 radical (unpaired) electrons. The molecule has 0 aromatic heterocycles. The Morgan fingerprint density at radius 2 is 1.59 bits per heavy atom. The van der Waals surface area contributed by atoms with Crippen LogP contribution >= 0.6 is 0 Å². The molecule has 1 atom stereocenters. The van der Waals surface area contributed by atoms with Crippen LogP contribution in [0.15, 0.2) is 42.5 Å². The van der Waals surface area contributed by atoms with E-state index in [-0.39, 0.29) is 24.8 Å². The average molecular weight is 530 g/mol. The summed E-state index contributed by atoms with van der Waals surface area (Å²) in [6.07, 6.45) is 4.02. The van der Waals surface area contributed by atoms with Crippen molar-refractivity contribution in [3.63, 3.8) is 0 Å². The Bertz CT molecular complexity index is 1150. The van der Waals surface area contributed by atoms with Crippen molar-refractivity contribution in [2.45, 2.75) is 79.3 Å². The van der Waals surface area contributed by atoms with E-state index in [0.717, 1.165) is 35.1 Å². The predicted octanol–water partition coefficient (Wildman–Crippen LogP) is 4.88. The molecular weight excluding hydrogens is 486 g/mol. The maximum Gasteiger partial charge on any atom is 0.242 e. The molecule has 1 N–H and O–H groups in total. The first-order chi connectivity index (χ1) is 17.5. The number of sulfonamides is 1. The monoisotopic (exact) mass is 529 g/mol. The number of nitrogens with one attached hydrogen (secondary N) is 1. The highest BCUT2D eigenvalue weighted by atomic mass is 32.2. The quantitative estimate of drug-likeness (QED) is 0.353. The molecule has 204 valence electrons. The molecule has 8 heteroatoms. The molecule has 37 heavy (non-hydrogen) atoms. The summed E-state index contributed by atoms with van der Waals surface area (Å²) < 4.78 is 26.6. The van der Waals surface area contributed by atoms with E-state index >= 15 is 0 Å². The number of carbonyl (C=O) groups excluding carboxylic acids is 2. The van der Waals surface area contributed by atoms with Crippen molar-refractivity contribution >= 4 is 27.5 Å². The molecule has 2 aromatic carbocycles. The van der Waals surface area contributed by atoms with Gasteiger partial charge in [-0.25, -0.2) is 8.42 Å². The van der Waals surface area contributed by atoms with Gasteiger partial charge in [0, 0.05) is 26.1 Å². The zero-order valence-corrected chi connectivity index (χ0v) is 24.0. The van der Waals surface area contributed by atoms with Gasteiger partial charge in [-0.1, -0.05) is 62.2 Å². The Balaban J connectivity index is 2.22. The molecular formula is C29H43N3O4S. The number of rotatable bonds is 14. The van der Waals surface area contributed by atoms with E-state index in [0.29, 0.717) is 31.6 Å². The summed E-state index contributed by atoms with van der Waals surface area (Å²) in [5, 5.41) is 2.97. The average Bonchev–Trinajstić information content (AvgIpc) is 2.84. The van der Waals surface area contributed by atoms with Gasteiger partial charge in [-0.3, -0.25) is 13.9 Å². The molecule has 2 rings (SSSR count). The molecule has 0 unspecified atom stereocenters. The lowest BCUT2D eigenvalue weighted by atomic mass is 10.1. The lowest BCUT2D eigenvalue weighted by Gasteiger charge is -2.31. The minimum atomic E-state index is -3.53. The third kappa shape index (κ3) is 9.18. The van der Waals surface area contributed by atoms with Crippen LogP contribution in [0.2, 0.25) is 0 Å². The highest BCUT2D eigenvalue weighted by molar-refractivity contribution is 7.92. The van der Waals surface area contributed by atoms with Crippen molar-refractivity contribution in [3.8, 4) is 0 Å². The van der Waals surface area contributed by atoms with Gasteiger partial charge < -0.3 is 10.2 Å². The summed E-state index contributed by atoms with van der Waals surface area (Å²) in [7, 11) is -3.53. The maximum atomic E-state index is 13.5. The fourth-order valence-electron chi connectivity index (χ4n) is 4.29. The van der Waals surface area contributed by atoms with Gasteiger partial charge >= 0.3 is 0 Å². The summed E-state index contributed by atoms with van der Waals surface area (Å²) in [6, 6.07) is 13.1. The van der Waals surface area contributed by atoms with E-state index in [2.05, 4.69) is 12.2 Å². The van der Waals surface area contributed by atoms with E-state index in [4.69, 9.17) is 0 Å². The molecule has 0 fully saturated rings. The van der Waals surface area contributed by atoms with Crippen molar-refractivity contribution in [3.05, 3.63) is 64.7 Å². The second-order valence-corrected chi connectivity index (χ2v) is 11.7. The Kier molecular flexibility index (Phi) is 11.6. The molecule has 0 aliphatic heterocycles. The molecule has 0 aliphatic carbocycles. The van der Waals surface area contributed by atoms with Crippen LogP contribution in [0, 0.1) is 20.8 Å². The van der Waals surface area contributed by atoms with E-state index < -0.39 is 16.1 Å². The van der Waals surface area contributed by atoms with Crippen molar-refractivity contribution in [2.75, 3.05) is 23.7 Å². The summed E-state index contributed by atoms with van der Waals surface area (Å²) in [5.41, 5.74) is 4.53. The molecule has 2 aromatic rings. The number of hydrogen-bond acceptors (Lipinski definition) is 4. The number of aryl methyl sites for hydroxylation is 3. The van der Waals surface area contributed by atoms with Gasteiger partial charge in [0.25, 0.3) is 0 Å². The zero-order chi connectivity index (χ0) is 27.6. The van der Waals surface area contributed by atoms with Crippen molar-refractivity contribution < 1.29 is 18.0 Å². The van der Waals surface area contributed by atoms with Crippen LogP contribution in [-0.2, 0) is 26.2 Å². The molecule has 7 nitrogen and oxygen atoms in total. The summed E-state index contributed by atoms with van der Waals surface area (Å²) >= 11 is 0. The van der Waals surface area contributed by atoms with Crippen molar-refractivity contribution in [2.24, 2.45) is 0 Å². The number of hydrogen-bond donors (Lipinski definition) is 1. The molecule has 0 aliphatic rings. The third-order valence-corrected chi connectivity index (χ3v) is 7.65. The van der Waals surface area contributed by atoms with Crippen molar-refractivity contribution in [1.82, 2.24) is 10.2 Å². The molecule has 0 saturated heterocycles.